The van der Waals surface area contributed by atoms with E-state index in [1.165, 1.54) is 12.1 Å². The number of primary amides is 1. The standard InChI is InChI=1S/C18H15ClFN5O/c1-8(17(23)26)15(22)18-24-13-5-4-11(14(19)16(13)25-18)9-2-3-10(7-21)12(20)6-9/h2-6,8,15H,22H2,1H3,(H2,23,26)(H,24,25)/t8-,15+/m1/s1. The normalized spacial score (nSPS) is 13.3. The van der Waals surface area contributed by atoms with Crippen LogP contribution in [0.3, 0.4) is 0 Å². The Bertz CT molecular complexity index is 1060. The van der Waals surface area contributed by atoms with Gasteiger partial charge >= 0.3 is 0 Å². The second-order valence-electron chi connectivity index (χ2n) is 5.97. The van der Waals surface area contributed by atoms with Crippen LogP contribution in [0.1, 0.15) is 24.4 Å². The average molecular weight is 372 g/mol. The lowest BCUT2D eigenvalue weighted by Gasteiger charge is -2.13. The minimum absolute atomic E-state index is 0.0422. The Morgan fingerprint density at radius 3 is 2.73 bits per heavy atom. The van der Waals surface area contributed by atoms with Crippen molar-refractivity contribution >= 4 is 28.5 Å². The molecule has 0 unspecified atom stereocenters. The van der Waals surface area contributed by atoms with Crippen LogP contribution in [-0.2, 0) is 4.79 Å². The van der Waals surface area contributed by atoms with Gasteiger partial charge < -0.3 is 16.5 Å². The summed E-state index contributed by atoms with van der Waals surface area (Å²) < 4.78 is 13.9. The number of carbonyl (C=O) groups excluding carboxylic acids is 1. The summed E-state index contributed by atoms with van der Waals surface area (Å²) in [7, 11) is 0. The number of H-pyrrole nitrogens is 1. The van der Waals surface area contributed by atoms with Crippen molar-refractivity contribution in [1.29, 1.82) is 5.26 Å². The Morgan fingerprint density at radius 1 is 1.38 bits per heavy atom. The molecule has 1 aromatic heterocycles. The first-order valence-corrected chi connectivity index (χ1v) is 8.14. The van der Waals surface area contributed by atoms with Crippen molar-refractivity contribution in [3.63, 3.8) is 0 Å². The van der Waals surface area contributed by atoms with Gasteiger partial charge in [0.2, 0.25) is 5.91 Å². The highest BCUT2D eigenvalue weighted by Crippen LogP contribution is 2.35. The molecule has 26 heavy (non-hydrogen) atoms. The van der Waals surface area contributed by atoms with E-state index in [1.54, 1.807) is 31.2 Å². The van der Waals surface area contributed by atoms with Gasteiger partial charge in [-0.25, -0.2) is 9.37 Å². The lowest BCUT2D eigenvalue weighted by Crippen LogP contribution is -2.31. The van der Waals surface area contributed by atoms with E-state index in [0.717, 1.165) is 0 Å². The minimum atomic E-state index is -0.702. The smallest absolute Gasteiger partial charge is 0.222 e. The summed E-state index contributed by atoms with van der Waals surface area (Å²) in [5.41, 5.74) is 13.5. The maximum Gasteiger partial charge on any atom is 0.222 e. The predicted molar refractivity (Wildman–Crippen MR) is 96.5 cm³/mol. The van der Waals surface area contributed by atoms with E-state index >= 15 is 0 Å². The molecule has 6 nitrogen and oxygen atoms in total. The van der Waals surface area contributed by atoms with Crippen LogP contribution in [0, 0.1) is 23.1 Å². The molecule has 0 spiro atoms. The number of halogens is 2. The van der Waals surface area contributed by atoms with E-state index in [2.05, 4.69) is 9.97 Å². The molecule has 5 N–H and O–H groups in total. The summed E-state index contributed by atoms with van der Waals surface area (Å²) in [5.74, 6) is -1.38. The molecule has 3 aromatic rings. The van der Waals surface area contributed by atoms with Gasteiger partial charge in [0.25, 0.3) is 0 Å². The zero-order chi connectivity index (χ0) is 19.0. The van der Waals surface area contributed by atoms with Gasteiger partial charge in [0.1, 0.15) is 23.2 Å². The van der Waals surface area contributed by atoms with Crippen LogP contribution in [0.4, 0.5) is 4.39 Å². The maximum atomic E-state index is 13.9. The van der Waals surface area contributed by atoms with Crippen LogP contribution < -0.4 is 11.5 Å². The quantitative estimate of drug-likeness (QED) is 0.652. The number of hydrogen-bond acceptors (Lipinski definition) is 4. The Labute approximate surface area is 153 Å². The maximum absolute atomic E-state index is 13.9. The predicted octanol–water partition coefficient (Wildman–Crippen LogP) is 3.02. The van der Waals surface area contributed by atoms with Crippen LogP contribution in [0.2, 0.25) is 5.02 Å². The molecule has 0 saturated carbocycles. The largest absolute Gasteiger partial charge is 0.369 e. The fourth-order valence-electron chi connectivity index (χ4n) is 2.63. The summed E-state index contributed by atoms with van der Waals surface area (Å²) in [6, 6.07) is 8.79. The van der Waals surface area contributed by atoms with Crippen molar-refractivity contribution in [2.24, 2.45) is 17.4 Å². The number of aromatic amines is 1. The Morgan fingerprint density at radius 2 is 2.12 bits per heavy atom. The van der Waals surface area contributed by atoms with Crippen molar-refractivity contribution in [2.45, 2.75) is 13.0 Å². The Balaban J connectivity index is 2.08. The van der Waals surface area contributed by atoms with Crippen LogP contribution in [0.5, 0.6) is 0 Å². The highest BCUT2D eigenvalue weighted by Gasteiger charge is 2.23. The average Bonchev–Trinajstić information content (AvgIpc) is 3.05. The third-order valence-corrected chi connectivity index (χ3v) is 4.70. The molecule has 0 saturated heterocycles. The molecule has 2 atom stereocenters. The minimum Gasteiger partial charge on any atom is -0.369 e. The molecule has 2 aromatic carbocycles. The van der Waals surface area contributed by atoms with Crippen molar-refractivity contribution in [3.05, 3.63) is 52.6 Å². The molecule has 1 heterocycles. The van der Waals surface area contributed by atoms with Crippen molar-refractivity contribution in [2.75, 3.05) is 0 Å². The lowest BCUT2D eigenvalue weighted by molar-refractivity contribution is -0.121. The number of imidazole rings is 1. The highest BCUT2D eigenvalue weighted by atomic mass is 35.5. The summed E-state index contributed by atoms with van der Waals surface area (Å²) >= 11 is 6.46. The first-order chi connectivity index (χ1) is 12.3. The molecule has 0 aliphatic heterocycles. The number of fused-ring (bicyclic) bond motifs is 1. The summed E-state index contributed by atoms with van der Waals surface area (Å²) in [6.07, 6.45) is 0. The number of rotatable bonds is 4. The molecule has 0 fully saturated rings. The third-order valence-electron chi connectivity index (χ3n) is 4.31. The summed E-state index contributed by atoms with van der Waals surface area (Å²) in [4.78, 5) is 18.8. The van der Waals surface area contributed by atoms with Gasteiger partial charge in [0, 0.05) is 5.56 Å². The third kappa shape index (κ3) is 3.01. The Hall–Kier alpha value is -2.95. The lowest BCUT2D eigenvalue weighted by atomic mass is 10.0. The monoisotopic (exact) mass is 371 g/mol. The fourth-order valence-corrected chi connectivity index (χ4v) is 2.95. The zero-order valence-electron chi connectivity index (χ0n) is 13.8. The van der Waals surface area contributed by atoms with Crippen molar-refractivity contribution < 1.29 is 9.18 Å². The first kappa shape index (κ1) is 17.9. The van der Waals surface area contributed by atoms with Crippen molar-refractivity contribution in [1.82, 2.24) is 9.97 Å². The van der Waals surface area contributed by atoms with E-state index in [4.69, 9.17) is 28.3 Å². The number of carbonyl (C=O) groups is 1. The molecular formula is C18H15ClFN5O. The van der Waals surface area contributed by atoms with Crippen LogP contribution >= 0.6 is 11.6 Å². The number of hydrogen-bond donors (Lipinski definition) is 3. The molecule has 0 aliphatic carbocycles. The molecule has 8 heteroatoms. The zero-order valence-corrected chi connectivity index (χ0v) is 14.5. The van der Waals surface area contributed by atoms with E-state index in [0.29, 0.717) is 33.0 Å². The first-order valence-electron chi connectivity index (χ1n) is 7.76. The van der Waals surface area contributed by atoms with Gasteiger partial charge in [-0.3, -0.25) is 4.79 Å². The number of nitriles is 1. The van der Waals surface area contributed by atoms with Crippen LogP contribution in [0.25, 0.3) is 22.2 Å². The number of benzene rings is 2. The van der Waals surface area contributed by atoms with E-state index in [-0.39, 0.29) is 5.56 Å². The van der Waals surface area contributed by atoms with Crippen LogP contribution in [-0.4, -0.2) is 15.9 Å². The van der Waals surface area contributed by atoms with Gasteiger partial charge in [-0.1, -0.05) is 30.7 Å². The second kappa shape index (κ2) is 6.75. The molecule has 0 bridgehead atoms. The molecule has 0 aliphatic rings. The summed E-state index contributed by atoms with van der Waals surface area (Å²) in [5, 5.41) is 9.15. The highest BCUT2D eigenvalue weighted by molar-refractivity contribution is 6.37. The number of nitrogens with one attached hydrogen (secondary N) is 1. The van der Waals surface area contributed by atoms with Gasteiger partial charge in [-0.15, -0.1) is 0 Å². The SMILES string of the molecule is C[C@@H](C(N)=O)[C@H](N)c1nc2c(Cl)c(-c3ccc(C#N)c(F)c3)ccc2[nH]1. The second-order valence-corrected chi connectivity index (χ2v) is 6.35. The van der Waals surface area contributed by atoms with Gasteiger partial charge in [-0.2, -0.15) is 5.26 Å². The van der Waals surface area contributed by atoms with E-state index in [1.807, 2.05) is 0 Å². The molecule has 0 radical (unpaired) electrons. The van der Waals surface area contributed by atoms with Gasteiger partial charge in [-0.05, 0) is 23.8 Å². The molecule has 132 valence electrons. The fraction of sp³-hybridized carbons (Fsp3) is 0.167. The van der Waals surface area contributed by atoms with Crippen molar-refractivity contribution in [3.8, 4) is 17.2 Å². The van der Waals surface area contributed by atoms with E-state index < -0.39 is 23.7 Å². The molecule has 1 amide bonds. The van der Waals surface area contributed by atoms with Gasteiger partial charge in [0.05, 0.1) is 28.1 Å². The number of amides is 1. The summed E-state index contributed by atoms with van der Waals surface area (Å²) in [6.45, 7) is 1.62. The number of nitrogens with zero attached hydrogens (tertiary/aromatic N) is 2. The number of nitrogens with two attached hydrogens (primary N) is 2. The van der Waals surface area contributed by atoms with E-state index in [9.17, 15) is 9.18 Å². The molecule has 3 rings (SSSR count). The van der Waals surface area contributed by atoms with Gasteiger partial charge in [0.15, 0.2) is 0 Å². The Kier molecular flexibility index (Phi) is 4.64. The molecular weight excluding hydrogens is 357 g/mol. The topological polar surface area (TPSA) is 122 Å². The van der Waals surface area contributed by atoms with Crippen LogP contribution in [0.15, 0.2) is 30.3 Å². The number of aromatic nitrogens is 2.